The standard InChI is InChI=1S/C19H22ClNO2/c1-14(12-15-8-11-23-13-15)21-18(22)19(9-2-3-10-19)16-4-6-17(20)7-5-16/h4-8,11,13-14H,2-3,9-10,12H2,1H3,(H,21,22). The van der Waals surface area contributed by atoms with Gasteiger partial charge >= 0.3 is 0 Å². The topological polar surface area (TPSA) is 42.2 Å². The Balaban J connectivity index is 1.75. The molecule has 1 N–H and O–H groups in total. The first-order valence-corrected chi connectivity index (χ1v) is 8.56. The van der Waals surface area contributed by atoms with Gasteiger partial charge in [-0.15, -0.1) is 0 Å². The minimum Gasteiger partial charge on any atom is -0.472 e. The van der Waals surface area contributed by atoms with Gasteiger partial charge in [0.1, 0.15) is 0 Å². The van der Waals surface area contributed by atoms with Crippen molar-refractivity contribution in [3.05, 3.63) is 59.0 Å². The number of hydrogen-bond donors (Lipinski definition) is 1. The van der Waals surface area contributed by atoms with Gasteiger partial charge in [0.2, 0.25) is 5.91 Å². The molecule has 4 heteroatoms. The molecule has 1 aliphatic carbocycles. The second-order valence-electron chi connectivity index (χ2n) is 6.51. The number of halogens is 1. The third-order valence-corrected chi connectivity index (χ3v) is 5.04. The molecule has 23 heavy (non-hydrogen) atoms. The Bertz CT molecular complexity index is 643. The van der Waals surface area contributed by atoms with E-state index in [9.17, 15) is 4.79 Å². The van der Waals surface area contributed by atoms with E-state index in [-0.39, 0.29) is 11.9 Å². The maximum atomic E-state index is 13.0. The summed E-state index contributed by atoms with van der Waals surface area (Å²) >= 11 is 6.00. The predicted molar refractivity (Wildman–Crippen MR) is 91.6 cm³/mol. The molecule has 122 valence electrons. The fourth-order valence-corrected chi connectivity index (χ4v) is 3.70. The van der Waals surface area contributed by atoms with Gasteiger partial charge in [0, 0.05) is 11.1 Å². The fourth-order valence-electron chi connectivity index (χ4n) is 3.57. The molecule has 1 saturated carbocycles. The number of furan rings is 1. The summed E-state index contributed by atoms with van der Waals surface area (Å²) in [6.45, 7) is 2.04. The van der Waals surface area contributed by atoms with Crippen LogP contribution < -0.4 is 5.32 Å². The van der Waals surface area contributed by atoms with E-state index in [1.807, 2.05) is 37.3 Å². The van der Waals surface area contributed by atoms with Gasteiger partial charge in [-0.25, -0.2) is 0 Å². The zero-order valence-electron chi connectivity index (χ0n) is 13.3. The summed E-state index contributed by atoms with van der Waals surface area (Å²) in [5, 5.41) is 3.90. The molecule has 1 unspecified atom stereocenters. The van der Waals surface area contributed by atoms with Crippen molar-refractivity contribution in [2.45, 2.75) is 50.5 Å². The second-order valence-corrected chi connectivity index (χ2v) is 6.94. The van der Waals surface area contributed by atoms with Gasteiger partial charge in [-0.2, -0.15) is 0 Å². The predicted octanol–water partition coefficient (Wildman–Crippen LogP) is 4.49. The first-order valence-electron chi connectivity index (χ1n) is 8.18. The monoisotopic (exact) mass is 331 g/mol. The molecule has 1 atom stereocenters. The van der Waals surface area contributed by atoms with E-state index in [0.717, 1.165) is 43.2 Å². The zero-order chi connectivity index (χ0) is 16.3. The lowest BCUT2D eigenvalue weighted by molar-refractivity contribution is -0.127. The van der Waals surface area contributed by atoms with Crippen molar-refractivity contribution in [3.63, 3.8) is 0 Å². The van der Waals surface area contributed by atoms with Crippen LogP contribution in [0.25, 0.3) is 0 Å². The van der Waals surface area contributed by atoms with Crippen molar-refractivity contribution < 1.29 is 9.21 Å². The quantitative estimate of drug-likeness (QED) is 0.877. The number of nitrogens with one attached hydrogen (secondary N) is 1. The highest BCUT2D eigenvalue weighted by atomic mass is 35.5. The number of hydrogen-bond acceptors (Lipinski definition) is 2. The summed E-state index contributed by atoms with van der Waals surface area (Å²) in [5.74, 6) is 0.133. The van der Waals surface area contributed by atoms with Gasteiger partial charge in [0.05, 0.1) is 17.9 Å². The number of carbonyl (C=O) groups excluding carboxylic acids is 1. The van der Waals surface area contributed by atoms with Crippen LogP contribution in [-0.4, -0.2) is 11.9 Å². The molecule has 1 heterocycles. The fraction of sp³-hybridized carbons (Fsp3) is 0.421. The highest BCUT2D eigenvalue weighted by Gasteiger charge is 2.42. The Morgan fingerprint density at radius 1 is 1.26 bits per heavy atom. The summed E-state index contributed by atoms with van der Waals surface area (Å²) in [5.41, 5.74) is 1.77. The molecule has 0 spiro atoms. The molecule has 1 aliphatic rings. The molecule has 1 aromatic heterocycles. The van der Waals surface area contributed by atoms with Crippen LogP contribution >= 0.6 is 11.6 Å². The Morgan fingerprint density at radius 3 is 2.57 bits per heavy atom. The van der Waals surface area contributed by atoms with Crippen LogP contribution in [0.2, 0.25) is 5.02 Å². The molecule has 2 aromatic rings. The number of benzene rings is 1. The minimum atomic E-state index is -0.407. The zero-order valence-corrected chi connectivity index (χ0v) is 14.1. The SMILES string of the molecule is CC(Cc1ccoc1)NC(=O)C1(c2ccc(Cl)cc2)CCCC1. The molecule has 0 radical (unpaired) electrons. The van der Waals surface area contributed by atoms with Gasteiger partial charge in [-0.3, -0.25) is 4.79 Å². The summed E-state index contributed by atoms with van der Waals surface area (Å²) < 4.78 is 5.10. The average Bonchev–Trinajstić information content (AvgIpc) is 3.19. The highest BCUT2D eigenvalue weighted by Crippen LogP contribution is 2.41. The van der Waals surface area contributed by atoms with Crippen LogP contribution in [0.15, 0.2) is 47.3 Å². The van der Waals surface area contributed by atoms with E-state index < -0.39 is 5.41 Å². The van der Waals surface area contributed by atoms with Crippen LogP contribution in [0.3, 0.4) is 0 Å². The van der Waals surface area contributed by atoms with Crippen LogP contribution in [0.4, 0.5) is 0 Å². The van der Waals surface area contributed by atoms with Crippen molar-refractivity contribution in [1.29, 1.82) is 0 Å². The van der Waals surface area contributed by atoms with Gasteiger partial charge in [0.25, 0.3) is 0 Å². The van der Waals surface area contributed by atoms with E-state index in [1.54, 1.807) is 12.5 Å². The first-order chi connectivity index (χ1) is 11.1. The lowest BCUT2D eigenvalue weighted by Crippen LogP contribution is -2.46. The third-order valence-electron chi connectivity index (χ3n) is 4.79. The number of carbonyl (C=O) groups is 1. The maximum Gasteiger partial charge on any atom is 0.230 e. The number of rotatable bonds is 5. The molecule has 3 nitrogen and oxygen atoms in total. The van der Waals surface area contributed by atoms with Crippen LogP contribution in [0.5, 0.6) is 0 Å². The van der Waals surface area contributed by atoms with Gasteiger partial charge in [0.15, 0.2) is 0 Å². The van der Waals surface area contributed by atoms with Crippen molar-refractivity contribution in [1.82, 2.24) is 5.32 Å². The lowest BCUT2D eigenvalue weighted by atomic mass is 9.77. The van der Waals surface area contributed by atoms with E-state index in [0.29, 0.717) is 5.02 Å². The van der Waals surface area contributed by atoms with Gasteiger partial charge in [-0.05, 0) is 55.5 Å². The van der Waals surface area contributed by atoms with Gasteiger partial charge < -0.3 is 9.73 Å². The molecule has 0 saturated heterocycles. The van der Waals surface area contributed by atoms with Crippen molar-refractivity contribution in [2.24, 2.45) is 0 Å². The molecule has 0 bridgehead atoms. The molecule has 0 aliphatic heterocycles. The van der Waals surface area contributed by atoms with E-state index in [4.69, 9.17) is 16.0 Å². The van der Waals surface area contributed by atoms with E-state index in [1.165, 1.54) is 0 Å². The maximum absolute atomic E-state index is 13.0. The van der Waals surface area contributed by atoms with Crippen molar-refractivity contribution in [2.75, 3.05) is 0 Å². The van der Waals surface area contributed by atoms with Crippen molar-refractivity contribution in [3.8, 4) is 0 Å². The summed E-state index contributed by atoms with van der Waals surface area (Å²) in [6, 6.07) is 9.75. The lowest BCUT2D eigenvalue weighted by Gasteiger charge is -2.30. The second kappa shape index (κ2) is 6.79. The molecule has 3 rings (SSSR count). The Hall–Kier alpha value is -1.74. The smallest absolute Gasteiger partial charge is 0.230 e. The Morgan fingerprint density at radius 2 is 1.96 bits per heavy atom. The minimum absolute atomic E-state index is 0.0740. The Kier molecular flexibility index (Phi) is 4.76. The summed E-state index contributed by atoms with van der Waals surface area (Å²) in [6.07, 6.45) is 8.15. The summed E-state index contributed by atoms with van der Waals surface area (Å²) in [4.78, 5) is 13.0. The normalized spacial score (nSPS) is 17.8. The molecule has 1 amide bonds. The van der Waals surface area contributed by atoms with Crippen LogP contribution in [0, 0.1) is 0 Å². The molecule has 1 aromatic carbocycles. The van der Waals surface area contributed by atoms with Crippen LogP contribution in [-0.2, 0) is 16.6 Å². The van der Waals surface area contributed by atoms with Crippen LogP contribution in [0.1, 0.15) is 43.7 Å². The highest BCUT2D eigenvalue weighted by molar-refractivity contribution is 6.30. The molecular formula is C19H22ClNO2. The van der Waals surface area contributed by atoms with Gasteiger partial charge in [-0.1, -0.05) is 36.6 Å². The molecule has 1 fully saturated rings. The largest absolute Gasteiger partial charge is 0.472 e. The first kappa shape index (κ1) is 16.1. The Labute approximate surface area is 142 Å². The summed E-state index contributed by atoms with van der Waals surface area (Å²) in [7, 11) is 0. The number of amides is 1. The average molecular weight is 332 g/mol. The van der Waals surface area contributed by atoms with E-state index in [2.05, 4.69) is 5.32 Å². The molecular weight excluding hydrogens is 310 g/mol. The third kappa shape index (κ3) is 3.45. The van der Waals surface area contributed by atoms with E-state index >= 15 is 0 Å². The van der Waals surface area contributed by atoms with Crippen molar-refractivity contribution >= 4 is 17.5 Å².